The zero-order valence-corrected chi connectivity index (χ0v) is 8.50. The minimum absolute atomic E-state index is 0.349. The maximum atomic E-state index is 8.74. The van der Waals surface area contributed by atoms with Gasteiger partial charge in [0.05, 0.1) is 0 Å². The van der Waals surface area contributed by atoms with Crippen molar-refractivity contribution in [3.8, 4) is 0 Å². The Morgan fingerprint density at radius 2 is 1.69 bits per heavy atom. The molecule has 6 N–H and O–H groups in total. The fourth-order valence-corrected chi connectivity index (χ4v) is 0.611. The summed E-state index contributed by atoms with van der Waals surface area (Å²) in [5, 5.41) is 0. The minimum atomic E-state index is -4.67. The average Bonchev–Trinajstić information content (AvgIpc) is 1.83. The van der Waals surface area contributed by atoms with Gasteiger partial charge in [0.15, 0.2) is 0 Å². The van der Waals surface area contributed by atoms with Gasteiger partial charge in [-0.15, -0.1) is 0 Å². The highest BCUT2D eigenvalue weighted by atomic mass is 32.3. The van der Waals surface area contributed by atoms with E-state index in [1.165, 1.54) is 6.42 Å². The summed E-state index contributed by atoms with van der Waals surface area (Å²) in [6, 6.07) is 0.349. The van der Waals surface area contributed by atoms with E-state index < -0.39 is 10.4 Å². The molecule has 0 radical (unpaired) electrons. The van der Waals surface area contributed by atoms with Gasteiger partial charge >= 0.3 is 10.4 Å². The van der Waals surface area contributed by atoms with Crippen LogP contribution in [0.1, 0.15) is 26.2 Å². The largest absolute Gasteiger partial charge is 0.394 e. The van der Waals surface area contributed by atoms with Gasteiger partial charge in [0, 0.05) is 6.04 Å². The Kier molecular flexibility index (Phi) is 9.86. The molecule has 0 aromatic carbocycles. The van der Waals surface area contributed by atoms with Crippen molar-refractivity contribution in [2.24, 2.45) is 11.5 Å². The van der Waals surface area contributed by atoms with Crippen LogP contribution >= 0.6 is 0 Å². The fourth-order valence-electron chi connectivity index (χ4n) is 0.611. The van der Waals surface area contributed by atoms with Crippen LogP contribution in [0.5, 0.6) is 0 Å². The minimum Gasteiger partial charge on any atom is -0.330 e. The van der Waals surface area contributed by atoms with Crippen LogP contribution < -0.4 is 11.5 Å². The molecule has 0 amide bonds. The Hall–Kier alpha value is -0.210. The van der Waals surface area contributed by atoms with Crippen LogP contribution in [-0.4, -0.2) is 30.1 Å². The Morgan fingerprint density at radius 3 is 1.92 bits per heavy atom. The van der Waals surface area contributed by atoms with Crippen LogP contribution in [0.4, 0.5) is 0 Å². The quantitative estimate of drug-likeness (QED) is 0.379. The lowest BCUT2D eigenvalue weighted by atomic mass is 10.1. The highest BCUT2D eigenvalue weighted by Gasteiger charge is 1.90. The second kappa shape index (κ2) is 8.39. The van der Waals surface area contributed by atoms with Gasteiger partial charge in [0.25, 0.3) is 0 Å². The van der Waals surface area contributed by atoms with Crippen molar-refractivity contribution in [3.63, 3.8) is 0 Å². The van der Waals surface area contributed by atoms with Crippen LogP contribution in [0.2, 0.25) is 0 Å². The van der Waals surface area contributed by atoms with E-state index in [1.807, 2.05) is 6.92 Å². The summed E-state index contributed by atoms with van der Waals surface area (Å²) in [5.41, 5.74) is 10.8. The molecule has 0 bridgehead atoms. The number of hydrogen-bond donors (Lipinski definition) is 4. The molecule has 0 spiro atoms. The number of hydrogen-bond acceptors (Lipinski definition) is 4. The summed E-state index contributed by atoms with van der Waals surface area (Å²) >= 11 is 0. The zero-order chi connectivity index (χ0) is 10.9. The second-order valence-corrected chi connectivity index (χ2v) is 3.61. The first kappa shape index (κ1) is 15.3. The molecule has 0 saturated heterocycles. The molecule has 0 aliphatic rings. The molecule has 13 heavy (non-hydrogen) atoms. The summed E-state index contributed by atoms with van der Waals surface area (Å²) in [6.07, 6.45) is 3.40. The molecule has 6 nitrogen and oxygen atoms in total. The van der Waals surface area contributed by atoms with E-state index >= 15 is 0 Å². The molecule has 0 aliphatic carbocycles. The van der Waals surface area contributed by atoms with Crippen molar-refractivity contribution >= 4 is 10.4 Å². The molecule has 1 atom stereocenters. The van der Waals surface area contributed by atoms with Gasteiger partial charge in [0.2, 0.25) is 0 Å². The molecule has 7 heteroatoms. The Balaban J connectivity index is 0. The lowest BCUT2D eigenvalue weighted by Crippen LogP contribution is -2.14. The van der Waals surface area contributed by atoms with E-state index in [1.54, 1.807) is 0 Å². The molecule has 82 valence electrons. The highest BCUT2D eigenvalue weighted by molar-refractivity contribution is 7.79. The van der Waals surface area contributed by atoms with E-state index in [9.17, 15) is 0 Å². The summed E-state index contributed by atoms with van der Waals surface area (Å²) in [5.74, 6) is 0. The van der Waals surface area contributed by atoms with Gasteiger partial charge in [-0.25, -0.2) is 0 Å². The van der Waals surface area contributed by atoms with Crippen molar-refractivity contribution in [3.05, 3.63) is 0 Å². The van der Waals surface area contributed by atoms with Gasteiger partial charge in [-0.1, -0.05) is 6.42 Å². The molecule has 0 aromatic heterocycles. The summed E-state index contributed by atoms with van der Waals surface area (Å²) in [4.78, 5) is 0. The third kappa shape index (κ3) is 49.3. The van der Waals surface area contributed by atoms with Gasteiger partial charge in [-0.05, 0) is 26.3 Å². The van der Waals surface area contributed by atoms with Gasteiger partial charge in [-0.2, -0.15) is 8.42 Å². The maximum absolute atomic E-state index is 8.74. The molecule has 0 aliphatic heterocycles. The average molecular weight is 214 g/mol. The predicted molar refractivity (Wildman–Crippen MR) is 50.7 cm³/mol. The standard InChI is InChI=1S/C6H16N2.H2O4S/c1-6(8)4-2-3-5-7;1-5(2,3)4/h6H,2-5,7-8H2,1H3;(H2,1,2,3,4). The van der Waals surface area contributed by atoms with Crippen molar-refractivity contribution < 1.29 is 17.5 Å². The first-order valence-corrected chi connectivity index (χ1v) is 5.32. The van der Waals surface area contributed by atoms with Gasteiger partial charge < -0.3 is 11.5 Å². The van der Waals surface area contributed by atoms with Crippen LogP contribution in [0.15, 0.2) is 0 Å². The Labute approximate surface area is 78.9 Å². The van der Waals surface area contributed by atoms with Crippen molar-refractivity contribution in [2.75, 3.05) is 6.54 Å². The van der Waals surface area contributed by atoms with Crippen LogP contribution in [0, 0.1) is 0 Å². The number of rotatable bonds is 4. The maximum Gasteiger partial charge on any atom is 0.394 e. The first-order chi connectivity index (χ1) is 5.77. The van der Waals surface area contributed by atoms with Crippen molar-refractivity contribution in [2.45, 2.75) is 32.2 Å². The normalized spacial score (nSPS) is 13.0. The summed E-state index contributed by atoms with van der Waals surface area (Å²) in [6.45, 7) is 2.82. The predicted octanol–water partition coefficient (Wildman–Crippen LogP) is -0.190. The SMILES string of the molecule is CC(N)CCCCN.O=S(=O)(O)O. The van der Waals surface area contributed by atoms with E-state index in [-0.39, 0.29) is 0 Å². The first-order valence-electron chi connectivity index (χ1n) is 3.93. The highest BCUT2D eigenvalue weighted by Crippen LogP contribution is 1.95. The summed E-state index contributed by atoms with van der Waals surface area (Å²) < 4.78 is 31.6. The van der Waals surface area contributed by atoms with Crippen LogP contribution in [0.25, 0.3) is 0 Å². The number of unbranched alkanes of at least 4 members (excludes halogenated alkanes) is 1. The molecule has 0 fully saturated rings. The van der Waals surface area contributed by atoms with Gasteiger partial charge in [-0.3, -0.25) is 9.11 Å². The Bertz CT molecular complexity index is 183. The van der Waals surface area contributed by atoms with E-state index in [0.717, 1.165) is 19.4 Å². The van der Waals surface area contributed by atoms with E-state index in [0.29, 0.717) is 6.04 Å². The van der Waals surface area contributed by atoms with E-state index in [4.69, 9.17) is 29.0 Å². The third-order valence-electron chi connectivity index (χ3n) is 1.11. The van der Waals surface area contributed by atoms with Crippen molar-refractivity contribution in [1.82, 2.24) is 0 Å². The van der Waals surface area contributed by atoms with Crippen LogP contribution in [-0.2, 0) is 10.4 Å². The fraction of sp³-hybridized carbons (Fsp3) is 1.00. The monoisotopic (exact) mass is 214 g/mol. The molecular weight excluding hydrogens is 196 g/mol. The van der Waals surface area contributed by atoms with Crippen molar-refractivity contribution in [1.29, 1.82) is 0 Å². The second-order valence-electron chi connectivity index (χ2n) is 2.71. The van der Waals surface area contributed by atoms with Crippen LogP contribution in [0.3, 0.4) is 0 Å². The number of nitrogens with two attached hydrogens (primary N) is 2. The van der Waals surface area contributed by atoms with E-state index in [2.05, 4.69) is 0 Å². The lowest BCUT2D eigenvalue weighted by Gasteiger charge is -2.01. The molecule has 1 unspecified atom stereocenters. The molecular formula is C6H18N2O4S. The molecule has 0 aromatic rings. The molecule has 0 rings (SSSR count). The molecule has 0 saturated carbocycles. The third-order valence-corrected chi connectivity index (χ3v) is 1.11. The Morgan fingerprint density at radius 1 is 1.31 bits per heavy atom. The topological polar surface area (TPSA) is 127 Å². The lowest BCUT2D eigenvalue weighted by molar-refractivity contribution is 0.381. The van der Waals surface area contributed by atoms with Gasteiger partial charge in [0.1, 0.15) is 0 Å². The zero-order valence-electron chi connectivity index (χ0n) is 7.68. The smallest absolute Gasteiger partial charge is 0.330 e. The molecule has 0 heterocycles. The summed E-state index contributed by atoms with van der Waals surface area (Å²) in [7, 11) is -4.67.